The molecule has 0 aliphatic rings. The first-order valence-corrected chi connectivity index (χ1v) is 6.17. The van der Waals surface area contributed by atoms with Gasteiger partial charge in [0.2, 0.25) is 0 Å². The summed E-state index contributed by atoms with van der Waals surface area (Å²) in [6, 6.07) is 6.18. The van der Waals surface area contributed by atoms with E-state index in [1.807, 2.05) is 6.07 Å². The summed E-state index contributed by atoms with van der Waals surface area (Å²) in [4.78, 5) is 3.91. The Kier molecular flexibility index (Phi) is 4.35. The molecule has 1 unspecified atom stereocenters. The lowest BCUT2D eigenvalue weighted by molar-refractivity contribution is 0.386. The van der Waals surface area contributed by atoms with E-state index in [9.17, 15) is 4.39 Å². The summed E-state index contributed by atoms with van der Waals surface area (Å²) in [5, 5.41) is 0.562. The van der Waals surface area contributed by atoms with Crippen molar-refractivity contribution in [1.29, 1.82) is 0 Å². The fourth-order valence-electron chi connectivity index (χ4n) is 1.84. The van der Waals surface area contributed by atoms with Crippen molar-refractivity contribution >= 4 is 11.6 Å². The van der Waals surface area contributed by atoms with Gasteiger partial charge in [-0.15, -0.1) is 0 Å². The second-order valence-corrected chi connectivity index (χ2v) is 4.58. The molecule has 100 valence electrons. The van der Waals surface area contributed by atoms with Crippen LogP contribution >= 0.6 is 11.6 Å². The molecule has 0 radical (unpaired) electrons. The predicted octanol–water partition coefficient (Wildman–Crippen LogP) is 3.13. The monoisotopic (exact) mass is 280 g/mol. The van der Waals surface area contributed by atoms with Gasteiger partial charge in [0.1, 0.15) is 0 Å². The molecule has 2 aromatic rings. The molecule has 1 aromatic heterocycles. The van der Waals surface area contributed by atoms with E-state index in [1.165, 1.54) is 13.2 Å². The van der Waals surface area contributed by atoms with Crippen LogP contribution in [0.3, 0.4) is 0 Å². The predicted molar refractivity (Wildman–Crippen MR) is 72.8 cm³/mol. The topological polar surface area (TPSA) is 48.1 Å². The van der Waals surface area contributed by atoms with Gasteiger partial charge in [-0.3, -0.25) is 4.98 Å². The van der Waals surface area contributed by atoms with E-state index in [-0.39, 0.29) is 11.8 Å². The summed E-state index contributed by atoms with van der Waals surface area (Å²) in [6.07, 6.45) is 3.74. The second kappa shape index (κ2) is 5.99. The average molecular weight is 281 g/mol. The standard InChI is InChI=1S/C14H14ClFN2O/c1-19-14-3-2-10(6-12(14)16)13(17)7-9-4-5-18-8-11(9)15/h2-6,8,13H,7,17H2,1H3. The Morgan fingerprint density at radius 1 is 1.42 bits per heavy atom. The molecule has 0 saturated heterocycles. The summed E-state index contributed by atoms with van der Waals surface area (Å²) < 4.78 is 18.5. The molecule has 1 atom stereocenters. The van der Waals surface area contributed by atoms with Crippen LogP contribution in [-0.2, 0) is 6.42 Å². The van der Waals surface area contributed by atoms with Crippen molar-refractivity contribution in [2.24, 2.45) is 5.73 Å². The summed E-state index contributed by atoms with van der Waals surface area (Å²) in [7, 11) is 1.43. The number of rotatable bonds is 4. The maximum Gasteiger partial charge on any atom is 0.165 e. The number of hydrogen-bond acceptors (Lipinski definition) is 3. The molecule has 1 heterocycles. The molecule has 3 nitrogen and oxygen atoms in total. The molecule has 19 heavy (non-hydrogen) atoms. The molecule has 2 N–H and O–H groups in total. The number of nitrogens with two attached hydrogens (primary N) is 1. The number of benzene rings is 1. The number of hydrogen-bond donors (Lipinski definition) is 1. The van der Waals surface area contributed by atoms with E-state index >= 15 is 0 Å². The highest BCUT2D eigenvalue weighted by atomic mass is 35.5. The van der Waals surface area contributed by atoms with Gasteiger partial charge in [-0.2, -0.15) is 0 Å². The van der Waals surface area contributed by atoms with Gasteiger partial charge in [-0.1, -0.05) is 17.7 Å². The van der Waals surface area contributed by atoms with Gasteiger partial charge in [0.05, 0.1) is 12.1 Å². The van der Waals surface area contributed by atoms with Gasteiger partial charge in [-0.05, 0) is 35.7 Å². The molecular weight excluding hydrogens is 267 g/mol. The Balaban J connectivity index is 2.18. The van der Waals surface area contributed by atoms with Gasteiger partial charge >= 0.3 is 0 Å². The summed E-state index contributed by atoms with van der Waals surface area (Å²) in [5.41, 5.74) is 7.66. The average Bonchev–Trinajstić information content (AvgIpc) is 2.41. The summed E-state index contributed by atoms with van der Waals surface area (Å²) >= 11 is 6.02. The lowest BCUT2D eigenvalue weighted by atomic mass is 10.00. The lowest BCUT2D eigenvalue weighted by Gasteiger charge is -2.14. The SMILES string of the molecule is COc1ccc(C(N)Cc2ccncc2Cl)cc1F. The van der Waals surface area contributed by atoms with Crippen molar-refractivity contribution in [2.45, 2.75) is 12.5 Å². The molecule has 0 amide bonds. The molecular formula is C14H14ClFN2O. The zero-order chi connectivity index (χ0) is 13.8. The summed E-state index contributed by atoms with van der Waals surface area (Å²) in [5.74, 6) is -0.214. The normalized spacial score (nSPS) is 12.2. The number of aromatic nitrogens is 1. The fraction of sp³-hybridized carbons (Fsp3) is 0.214. The van der Waals surface area contributed by atoms with Crippen molar-refractivity contribution in [3.05, 3.63) is 58.6 Å². The maximum atomic E-state index is 13.6. The second-order valence-electron chi connectivity index (χ2n) is 4.17. The smallest absolute Gasteiger partial charge is 0.165 e. The molecule has 0 spiro atoms. The Morgan fingerprint density at radius 3 is 2.84 bits per heavy atom. The third-order valence-electron chi connectivity index (χ3n) is 2.90. The third-order valence-corrected chi connectivity index (χ3v) is 3.24. The van der Waals surface area contributed by atoms with E-state index < -0.39 is 5.82 Å². The first-order chi connectivity index (χ1) is 9.11. The highest BCUT2D eigenvalue weighted by molar-refractivity contribution is 6.31. The van der Waals surface area contributed by atoms with E-state index in [0.29, 0.717) is 17.0 Å². The van der Waals surface area contributed by atoms with Crippen molar-refractivity contribution in [3.63, 3.8) is 0 Å². The van der Waals surface area contributed by atoms with Crippen molar-refractivity contribution in [2.75, 3.05) is 7.11 Å². The van der Waals surface area contributed by atoms with E-state index in [1.54, 1.807) is 24.5 Å². The molecule has 0 aliphatic carbocycles. The van der Waals surface area contributed by atoms with Crippen LogP contribution in [0.2, 0.25) is 5.02 Å². The third kappa shape index (κ3) is 3.22. The first kappa shape index (κ1) is 13.8. The van der Waals surface area contributed by atoms with Crippen LogP contribution in [0.1, 0.15) is 17.2 Å². The lowest BCUT2D eigenvalue weighted by Crippen LogP contribution is -2.14. The molecule has 1 aromatic carbocycles. The number of methoxy groups -OCH3 is 1. The molecule has 2 rings (SSSR count). The van der Waals surface area contributed by atoms with E-state index in [2.05, 4.69) is 4.98 Å². The zero-order valence-electron chi connectivity index (χ0n) is 10.4. The number of halogens is 2. The Labute approximate surface area is 116 Å². The largest absolute Gasteiger partial charge is 0.494 e. The van der Waals surface area contributed by atoms with E-state index in [4.69, 9.17) is 22.1 Å². The van der Waals surface area contributed by atoms with Gasteiger partial charge in [0.25, 0.3) is 0 Å². The molecule has 0 aliphatic heterocycles. The van der Waals surface area contributed by atoms with Crippen LogP contribution in [0.15, 0.2) is 36.7 Å². The van der Waals surface area contributed by atoms with Gasteiger partial charge < -0.3 is 10.5 Å². The number of ether oxygens (including phenoxy) is 1. The zero-order valence-corrected chi connectivity index (χ0v) is 11.2. The van der Waals surface area contributed by atoms with Crippen LogP contribution in [0, 0.1) is 5.82 Å². The minimum Gasteiger partial charge on any atom is -0.494 e. The van der Waals surface area contributed by atoms with Crippen LogP contribution in [0.5, 0.6) is 5.75 Å². The Bertz CT molecular complexity index is 577. The minimum absolute atomic E-state index is 0.206. The highest BCUT2D eigenvalue weighted by Gasteiger charge is 2.12. The van der Waals surface area contributed by atoms with Gasteiger partial charge in [-0.25, -0.2) is 4.39 Å². The van der Waals surface area contributed by atoms with Crippen molar-refractivity contribution in [3.8, 4) is 5.75 Å². The van der Waals surface area contributed by atoms with E-state index in [0.717, 1.165) is 5.56 Å². The number of nitrogens with zero attached hydrogens (tertiary/aromatic N) is 1. The molecule has 5 heteroatoms. The quantitative estimate of drug-likeness (QED) is 0.936. The number of pyridine rings is 1. The van der Waals surface area contributed by atoms with Crippen molar-refractivity contribution < 1.29 is 9.13 Å². The van der Waals surface area contributed by atoms with Crippen LogP contribution in [0.4, 0.5) is 4.39 Å². The first-order valence-electron chi connectivity index (χ1n) is 5.79. The maximum absolute atomic E-state index is 13.6. The van der Waals surface area contributed by atoms with Crippen LogP contribution in [-0.4, -0.2) is 12.1 Å². The molecule has 0 saturated carbocycles. The fourth-order valence-corrected chi connectivity index (χ4v) is 2.03. The van der Waals surface area contributed by atoms with Crippen LogP contribution < -0.4 is 10.5 Å². The van der Waals surface area contributed by atoms with Crippen molar-refractivity contribution in [1.82, 2.24) is 4.98 Å². The Hall–Kier alpha value is -1.65. The molecule has 0 bridgehead atoms. The van der Waals surface area contributed by atoms with Gasteiger partial charge in [0, 0.05) is 18.4 Å². The molecule has 0 fully saturated rings. The van der Waals surface area contributed by atoms with Gasteiger partial charge in [0.15, 0.2) is 11.6 Å². The van der Waals surface area contributed by atoms with Crippen LogP contribution in [0.25, 0.3) is 0 Å². The minimum atomic E-state index is -0.420. The highest BCUT2D eigenvalue weighted by Crippen LogP contribution is 2.24. The summed E-state index contributed by atoms with van der Waals surface area (Å²) in [6.45, 7) is 0. The Morgan fingerprint density at radius 2 is 2.21 bits per heavy atom.